The summed E-state index contributed by atoms with van der Waals surface area (Å²) in [5.41, 5.74) is -1.17. The minimum absolute atomic E-state index is 0.0278. The fraction of sp³-hybridized carbons (Fsp3) is 0.774. The van der Waals surface area contributed by atoms with E-state index in [1.807, 2.05) is 25.3 Å². The highest BCUT2D eigenvalue weighted by Gasteiger charge is 2.85. The van der Waals surface area contributed by atoms with Crippen molar-refractivity contribution in [2.75, 3.05) is 41.0 Å². The molecule has 1 aromatic carbocycles. The molecule has 8 heteroatoms. The van der Waals surface area contributed by atoms with Gasteiger partial charge in [-0.05, 0) is 56.2 Å². The lowest BCUT2D eigenvalue weighted by Crippen LogP contribution is -2.78. The van der Waals surface area contributed by atoms with Gasteiger partial charge in [-0.25, -0.2) is 4.79 Å². The quantitative estimate of drug-likeness (QED) is 0.508. The minimum Gasteiger partial charge on any atom is -0.458 e. The van der Waals surface area contributed by atoms with Crippen molar-refractivity contribution < 1.29 is 34.0 Å². The third-order valence-electron chi connectivity index (χ3n) is 12.5. The molecule has 2 N–H and O–H groups in total. The third kappa shape index (κ3) is 3.03. The molecule has 5 aliphatic carbocycles. The zero-order valence-corrected chi connectivity index (χ0v) is 23.5. The highest BCUT2D eigenvalue weighted by Crippen LogP contribution is 2.79. The number of methoxy groups -OCH3 is 3. The Morgan fingerprint density at radius 1 is 1.08 bits per heavy atom. The van der Waals surface area contributed by atoms with Crippen molar-refractivity contribution >= 4 is 5.97 Å². The SMILES string of the molecule is CCN1C[C@]2(COC)CC[C@H](OC)[C@@]34[C@@H]5C[C@@H]6[C@@H](OC)[C@H](O)[C@@](O)([C@H]5[C@H]6OC(=O)c5ccccc5)[C@@H](C[C@H]23)[C@@H]14. The van der Waals surface area contributed by atoms with E-state index in [1.54, 1.807) is 26.4 Å². The van der Waals surface area contributed by atoms with Crippen LogP contribution in [0.1, 0.15) is 43.0 Å². The number of ether oxygens (including phenoxy) is 4. The second-order valence-corrected chi connectivity index (χ2v) is 13.3. The lowest BCUT2D eigenvalue weighted by atomic mass is 9.43. The molecular formula is C31H43NO7. The van der Waals surface area contributed by atoms with Crippen molar-refractivity contribution in [3.63, 3.8) is 0 Å². The molecule has 13 atom stereocenters. The highest BCUT2D eigenvalue weighted by atomic mass is 16.6. The number of likely N-dealkylation sites (tertiary alicyclic amines) is 1. The molecule has 1 heterocycles. The van der Waals surface area contributed by atoms with Crippen LogP contribution in [0.25, 0.3) is 0 Å². The van der Waals surface area contributed by atoms with Gasteiger partial charge in [0.15, 0.2) is 0 Å². The predicted molar refractivity (Wildman–Crippen MR) is 142 cm³/mol. The topological polar surface area (TPSA) is 97.7 Å². The van der Waals surface area contributed by atoms with Crippen molar-refractivity contribution in [1.82, 2.24) is 4.90 Å². The molecule has 0 unspecified atom stereocenters. The molecule has 214 valence electrons. The summed E-state index contributed by atoms with van der Waals surface area (Å²) in [4.78, 5) is 16.0. The number of carbonyl (C=O) groups excluding carboxylic acids is 1. The molecule has 6 aliphatic rings. The first-order chi connectivity index (χ1) is 18.8. The normalized spacial score (nSPS) is 51.1. The Bertz CT molecular complexity index is 1120. The zero-order valence-electron chi connectivity index (χ0n) is 23.5. The summed E-state index contributed by atoms with van der Waals surface area (Å²) in [6.45, 7) is 4.69. The van der Waals surface area contributed by atoms with Gasteiger partial charge in [0.1, 0.15) is 17.8 Å². The number of esters is 1. The maximum absolute atomic E-state index is 13.4. The van der Waals surface area contributed by atoms with Crippen LogP contribution in [0.5, 0.6) is 0 Å². The van der Waals surface area contributed by atoms with E-state index in [0.717, 1.165) is 38.8 Å². The van der Waals surface area contributed by atoms with Gasteiger partial charge in [0.25, 0.3) is 0 Å². The van der Waals surface area contributed by atoms with E-state index < -0.39 is 23.9 Å². The molecule has 1 spiro atoms. The predicted octanol–water partition coefficient (Wildman–Crippen LogP) is 2.37. The Morgan fingerprint density at radius 3 is 2.51 bits per heavy atom. The van der Waals surface area contributed by atoms with Crippen LogP contribution in [-0.4, -0.2) is 98.2 Å². The van der Waals surface area contributed by atoms with Gasteiger partial charge in [0, 0.05) is 62.5 Å². The lowest BCUT2D eigenvalue weighted by molar-refractivity contribution is -0.299. The molecule has 7 rings (SSSR count). The molecule has 1 aromatic rings. The second-order valence-electron chi connectivity index (χ2n) is 13.3. The highest BCUT2D eigenvalue weighted by molar-refractivity contribution is 5.89. The Kier molecular flexibility index (Phi) is 6.06. The molecule has 0 aromatic heterocycles. The van der Waals surface area contributed by atoms with Gasteiger partial charge >= 0.3 is 5.97 Å². The van der Waals surface area contributed by atoms with Gasteiger partial charge in [0.05, 0.1) is 24.4 Å². The number of aliphatic hydroxyl groups is 2. The summed E-state index contributed by atoms with van der Waals surface area (Å²) in [6.07, 6.45) is 1.36. The fourth-order valence-electron chi connectivity index (χ4n) is 11.6. The summed E-state index contributed by atoms with van der Waals surface area (Å²) in [6, 6.07) is 9.15. The Balaban J connectivity index is 1.40. The number of nitrogens with zero attached hydrogens (tertiary/aromatic N) is 1. The zero-order chi connectivity index (χ0) is 27.3. The number of carbonyl (C=O) groups is 1. The summed E-state index contributed by atoms with van der Waals surface area (Å²) >= 11 is 0. The van der Waals surface area contributed by atoms with Crippen molar-refractivity contribution in [2.45, 2.75) is 68.7 Å². The first-order valence-corrected chi connectivity index (χ1v) is 14.8. The third-order valence-corrected chi connectivity index (χ3v) is 12.5. The van der Waals surface area contributed by atoms with E-state index in [9.17, 15) is 15.0 Å². The average Bonchev–Trinajstić information content (AvgIpc) is 3.40. The summed E-state index contributed by atoms with van der Waals surface area (Å²) in [5.74, 6) is -0.808. The number of rotatable bonds is 7. The van der Waals surface area contributed by atoms with E-state index in [2.05, 4.69) is 11.8 Å². The molecule has 0 amide bonds. The Morgan fingerprint density at radius 2 is 1.85 bits per heavy atom. The number of benzene rings is 1. The molecule has 0 radical (unpaired) electrons. The van der Waals surface area contributed by atoms with Crippen molar-refractivity contribution in [3.05, 3.63) is 35.9 Å². The van der Waals surface area contributed by atoms with Crippen LogP contribution in [-0.2, 0) is 18.9 Å². The molecule has 1 saturated heterocycles. The minimum atomic E-state index is -1.43. The lowest BCUT2D eigenvalue weighted by Gasteiger charge is -2.69. The first kappa shape index (κ1) is 26.4. The van der Waals surface area contributed by atoms with Crippen LogP contribution in [0.2, 0.25) is 0 Å². The second kappa shape index (κ2) is 8.97. The average molecular weight is 542 g/mol. The van der Waals surface area contributed by atoms with Crippen LogP contribution in [0.15, 0.2) is 30.3 Å². The van der Waals surface area contributed by atoms with Gasteiger partial charge < -0.3 is 29.2 Å². The Labute approximate surface area is 230 Å². The number of aliphatic hydroxyl groups excluding tert-OH is 1. The van der Waals surface area contributed by atoms with Crippen LogP contribution >= 0.6 is 0 Å². The molecule has 8 nitrogen and oxygen atoms in total. The fourth-order valence-corrected chi connectivity index (χ4v) is 11.6. The van der Waals surface area contributed by atoms with Crippen molar-refractivity contribution in [3.8, 4) is 0 Å². The molecule has 5 saturated carbocycles. The van der Waals surface area contributed by atoms with Gasteiger partial charge in [-0.2, -0.15) is 0 Å². The first-order valence-electron chi connectivity index (χ1n) is 14.8. The van der Waals surface area contributed by atoms with E-state index >= 15 is 0 Å². The van der Waals surface area contributed by atoms with Gasteiger partial charge in [-0.1, -0.05) is 25.1 Å². The van der Waals surface area contributed by atoms with Crippen molar-refractivity contribution in [2.24, 2.45) is 40.4 Å². The van der Waals surface area contributed by atoms with E-state index in [1.165, 1.54) is 0 Å². The molecular weight excluding hydrogens is 498 g/mol. The monoisotopic (exact) mass is 541 g/mol. The van der Waals surface area contributed by atoms with Crippen LogP contribution < -0.4 is 0 Å². The smallest absolute Gasteiger partial charge is 0.338 e. The summed E-state index contributed by atoms with van der Waals surface area (Å²) in [5, 5.41) is 24.9. The number of piperidine rings is 1. The van der Waals surface area contributed by atoms with E-state index in [0.29, 0.717) is 18.1 Å². The van der Waals surface area contributed by atoms with Crippen LogP contribution in [0.3, 0.4) is 0 Å². The van der Waals surface area contributed by atoms with Crippen molar-refractivity contribution in [1.29, 1.82) is 0 Å². The molecule has 6 fully saturated rings. The van der Waals surface area contributed by atoms with Gasteiger partial charge in [0.2, 0.25) is 0 Å². The van der Waals surface area contributed by atoms with E-state index in [-0.39, 0.29) is 52.6 Å². The standard InChI is InChI=1S/C31H43NO7/c1-5-32-15-29(16-36-2)12-11-22(37-3)30-19-13-18-24(39-28(34)17-9-7-6-8-10-17)23(19)31(35,27(33)25(18)38-4)20(26(30)32)14-21(29)30/h6-10,18-27,33,35H,5,11-16H2,1-4H3/t18-,19+,20-,21+,22-,23+,24-,25+,26+,27-,29-,30+,31-/m0/s1. The van der Waals surface area contributed by atoms with Crippen LogP contribution in [0.4, 0.5) is 0 Å². The van der Waals surface area contributed by atoms with Gasteiger partial charge in [-0.3, -0.25) is 4.90 Å². The Hall–Kier alpha value is -1.55. The maximum atomic E-state index is 13.4. The molecule has 1 aliphatic heterocycles. The van der Waals surface area contributed by atoms with Gasteiger partial charge in [-0.15, -0.1) is 0 Å². The summed E-state index contributed by atoms with van der Waals surface area (Å²) < 4.78 is 24.6. The number of fused-ring (bicyclic) bond motifs is 2. The molecule has 7 bridgehead atoms. The summed E-state index contributed by atoms with van der Waals surface area (Å²) in [7, 11) is 5.24. The maximum Gasteiger partial charge on any atom is 0.338 e. The largest absolute Gasteiger partial charge is 0.458 e. The number of hydrogen-bond acceptors (Lipinski definition) is 8. The van der Waals surface area contributed by atoms with Crippen LogP contribution in [0, 0.1) is 40.4 Å². The molecule has 39 heavy (non-hydrogen) atoms. The number of hydrogen-bond donors (Lipinski definition) is 2. The van der Waals surface area contributed by atoms with E-state index in [4.69, 9.17) is 18.9 Å².